The number of hydrogen-bond donors (Lipinski definition) is 3. The molecule has 4 N–H and O–H groups in total. The number of nitrogens with one attached hydrogen (secondary N) is 2. The van der Waals surface area contributed by atoms with Crippen LogP contribution in [0.15, 0.2) is 29.2 Å². The largest absolute Gasteiger partial charge is 0.356 e. The van der Waals surface area contributed by atoms with E-state index in [2.05, 4.69) is 29.4 Å². The van der Waals surface area contributed by atoms with Crippen molar-refractivity contribution in [1.29, 1.82) is 0 Å². The summed E-state index contributed by atoms with van der Waals surface area (Å²) in [5, 5.41) is 11.0. The number of rotatable bonds is 10. The maximum absolute atomic E-state index is 12.4. The Hall–Kier alpha value is -1.97. The zero-order valence-electron chi connectivity index (χ0n) is 17.9. The number of primary sulfonamides is 1. The Bertz CT molecular complexity index is 811. The monoisotopic (exact) mass is 438 g/mol. The van der Waals surface area contributed by atoms with Gasteiger partial charge in [0.25, 0.3) is 0 Å². The van der Waals surface area contributed by atoms with E-state index in [-0.39, 0.29) is 35.2 Å². The topological polar surface area (TPSA) is 122 Å². The molecule has 2 atom stereocenters. The van der Waals surface area contributed by atoms with Gasteiger partial charge in [0.15, 0.2) is 0 Å². The van der Waals surface area contributed by atoms with E-state index in [1.807, 2.05) is 0 Å². The van der Waals surface area contributed by atoms with Crippen LogP contribution in [0.1, 0.15) is 45.1 Å². The number of unbranched alkanes of at least 4 members (excludes halogenated alkanes) is 1. The number of nitrogens with zero attached hydrogens (tertiary/aromatic N) is 1. The summed E-state index contributed by atoms with van der Waals surface area (Å²) >= 11 is 0. The van der Waals surface area contributed by atoms with Crippen molar-refractivity contribution in [3.63, 3.8) is 0 Å². The molecule has 0 saturated carbocycles. The van der Waals surface area contributed by atoms with Gasteiger partial charge in [-0.1, -0.05) is 25.5 Å². The summed E-state index contributed by atoms with van der Waals surface area (Å²) in [5.74, 6) is -0.0538. The third kappa shape index (κ3) is 7.70. The number of benzene rings is 1. The number of amides is 2. The Kier molecular flexibility index (Phi) is 9.26. The fraction of sp³-hybridized carbons (Fsp3) is 0.619. The molecule has 1 aliphatic rings. The molecule has 1 aromatic rings. The highest BCUT2D eigenvalue weighted by Crippen LogP contribution is 2.21. The average Bonchev–Trinajstić information content (AvgIpc) is 2.69. The number of carbonyl (C=O) groups excluding carboxylic acids is 2. The summed E-state index contributed by atoms with van der Waals surface area (Å²) < 4.78 is 22.6. The van der Waals surface area contributed by atoms with Crippen LogP contribution >= 0.6 is 0 Å². The van der Waals surface area contributed by atoms with E-state index in [4.69, 9.17) is 5.14 Å². The van der Waals surface area contributed by atoms with Crippen LogP contribution in [0, 0.1) is 5.92 Å². The molecule has 168 valence electrons. The van der Waals surface area contributed by atoms with Crippen LogP contribution in [-0.4, -0.2) is 57.4 Å². The highest BCUT2D eigenvalue weighted by atomic mass is 32.2. The molecule has 1 aromatic carbocycles. The number of nitrogens with two attached hydrogens (primary N) is 1. The first-order valence-electron chi connectivity index (χ1n) is 10.6. The molecule has 2 unspecified atom stereocenters. The van der Waals surface area contributed by atoms with Crippen molar-refractivity contribution in [2.24, 2.45) is 11.1 Å². The molecule has 0 bridgehead atoms. The van der Waals surface area contributed by atoms with Crippen LogP contribution in [0.3, 0.4) is 0 Å². The minimum absolute atomic E-state index is 0.0665. The standard InChI is InChI=1S/C21H34N4O4S/c1-3-4-12-24-21(27)18-8-5-16(2)25(14-18)15-20(26)23-13-11-17-6-9-19(10-7-17)30(22,28)29/h6-7,9-10,16,18H,3-5,8,11-15H2,1-2H3,(H,23,26)(H,24,27)(H2,22,28,29). The van der Waals surface area contributed by atoms with Crippen molar-refractivity contribution in [3.8, 4) is 0 Å². The van der Waals surface area contributed by atoms with Gasteiger partial charge in [0.2, 0.25) is 21.8 Å². The summed E-state index contributed by atoms with van der Waals surface area (Å²) in [7, 11) is -3.70. The summed E-state index contributed by atoms with van der Waals surface area (Å²) in [6, 6.07) is 6.59. The van der Waals surface area contributed by atoms with E-state index in [1.165, 1.54) is 12.1 Å². The summed E-state index contributed by atoms with van der Waals surface area (Å²) in [6.45, 7) is 6.21. The Balaban J connectivity index is 1.77. The number of likely N-dealkylation sites (tertiary alicyclic amines) is 1. The van der Waals surface area contributed by atoms with Gasteiger partial charge in [0.05, 0.1) is 17.4 Å². The first-order chi connectivity index (χ1) is 14.2. The molecule has 2 amide bonds. The molecular formula is C21H34N4O4S. The normalized spacial score (nSPS) is 20.0. The van der Waals surface area contributed by atoms with E-state index < -0.39 is 10.0 Å². The fourth-order valence-electron chi connectivity index (χ4n) is 3.58. The van der Waals surface area contributed by atoms with E-state index in [0.717, 1.165) is 31.2 Å². The average molecular weight is 439 g/mol. The van der Waals surface area contributed by atoms with Crippen LogP contribution in [0.4, 0.5) is 0 Å². The molecule has 2 rings (SSSR count). The van der Waals surface area contributed by atoms with Gasteiger partial charge in [-0.2, -0.15) is 0 Å². The van der Waals surface area contributed by atoms with Crippen molar-refractivity contribution in [1.82, 2.24) is 15.5 Å². The summed E-state index contributed by atoms with van der Waals surface area (Å²) in [6.07, 6.45) is 4.37. The Morgan fingerprint density at radius 2 is 1.83 bits per heavy atom. The molecule has 0 aromatic heterocycles. The Labute approximate surface area is 179 Å². The Morgan fingerprint density at radius 1 is 1.13 bits per heavy atom. The minimum atomic E-state index is -3.70. The first kappa shape index (κ1) is 24.3. The number of piperidine rings is 1. The van der Waals surface area contributed by atoms with Crippen molar-refractivity contribution < 1.29 is 18.0 Å². The lowest BCUT2D eigenvalue weighted by Crippen LogP contribution is -2.50. The van der Waals surface area contributed by atoms with Gasteiger partial charge >= 0.3 is 0 Å². The predicted molar refractivity (Wildman–Crippen MR) is 116 cm³/mol. The Morgan fingerprint density at radius 3 is 2.47 bits per heavy atom. The van der Waals surface area contributed by atoms with Gasteiger partial charge in [0.1, 0.15) is 0 Å². The molecule has 30 heavy (non-hydrogen) atoms. The number of carbonyl (C=O) groups is 2. The van der Waals surface area contributed by atoms with E-state index in [1.54, 1.807) is 12.1 Å². The third-order valence-electron chi connectivity index (χ3n) is 5.55. The van der Waals surface area contributed by atoms with Gasteiger partial charge < -0.3 is 10.6 Å². The lowest BCUT2D eigenvalue weighted by Gasteiger charge is -2.36. The van der Waals surface area contributed by atoms with Gasteiger partial charge in [-0.3, -0.25) is 14.5 Å². The third-order valence-corrected chi connectivity index (χ3v) is 6.48. The fourth-order valence-corrected chi connectivity index (χ4v) is 4.09. The van der Waals surface area contributed by atoms with Gasteiger partial charge in [0, 0.05) is 25.7 Å². The van der Waals surface area contributed by atoms with Crippen LogP contribution in [0.25, 0.3) is 0 Å². The highest BCUT2D eigenvalue weighted by Gasteiger charge is 2.30. The second kappa shape index (κ2) is 11.4. The lowest BCUT2D eigenvalue weighted by atomic mass is 9.92. The van der Waals surface area contributed by atoms with Gasteiger partial charge in [-0.25, -0.2) is 13.6 Å². The lowest BCUT2D eigenvalue weighted by molar-refractivity contribution is -0.129. The maximum atomic E-state index is 12.4. The summed E-state index contributed by atoms with van der Waals surface area (Å²) in [4.78, 5) is 26.9. The molecule has 8 nitrogen and oxygen atoms in total. The van der Waals surface area contributed by atoms with Crippen LogP contribution in [0.5, 0.6) is 0 Å². The van der Waals surface area contributed by atoms with Crippen LogP contribution in [-0.2, 0) is 26.0 Å². The zero-order valence-corrected chi connectivity index (χ0v) is 18.7. The first-order valence-corrected chi connectivity index (χ1v) is 12.2. The molecule has 1 heterocycles. The second-order valence-corrected chi connectivity index (χ2v) is 9.55. The second-order valence-electron chi connectivity index (χ2n) is 7.99. The zero-order chi connectivity index (χ0) is 22.1. The van der Waals surface area contributed by atoms with Gasteiger partial charge in [-0.05, 0) is 50.3 Å². The highest BCUT2D eigenvalue weighted by molar-refractivity contribution is 7.89. The van der Waals surface area contributed by atoms with Crippen molar-refractivity contribution in [2.45, 2.75) is 56.9 Å². The maximum Gasteiger partial charge on any atom is 0.238 e. The van der Waals surface area contributed by atoms with Crippen molar-refractivity contribution in [2.75, 3.05) is 26.2 Å². The molecular weight excluding hydrogens is 404 g/mol. The molecule has 1 fully saturated rings. The van der Waals surface area contributed by atoms with Crippen molar-refractivity contribution in [3.05, 3.63) is 29.8 Å². The van der Waals surface area contributed by atoms with Crippen LogP contribution in [0.2, 0.25) is 0 Å². The molecule has 1 aliphatic heterocycles. The van der Waals surface area contributed by atoms with Gasteiger partial charge in [-0.15, -0.1) is 0 Å². The molecule has 0 spiro atoms. The summed E-state index contributed by atoms with van der Waals surface area (Å²) in [5.41, 5.74) is 0.915. The smallest absolute Gasteiger partial charge is 0.238 e. The predicted octanol–water partition coefficient (Wildman–Crippen LogP) is 1.01. The van der Waals surface area contributed by atoms with Crippen molar-refractivity contribution >= 4 is 21.8 Å². The molecule has 0 radical (unpaired) electrons. The number of sulfonamides is 1. The molecule has 9 heteroatoms. The molecule has 1 saturated heterocycles. The number of hydrogen-bond acceptors (Lipinski definition) is 5. The molecule has 0 aliphatic carbocycles. The minimum Gasteiger partial charge on any atom is -0.356 e. The van der Waals surface area contributed by atoms with Crippen LogP contribution < -0.4 is 15.8 Å². The van der Waals surface area contributed by atoms with E-state index in [0.29, 0.717) is 26.1 Å². The van der Waals surface area contributed by atoms with E-state index >= 15 is 0 Å². The SMILES string of the molecule is CCCCNC(=O)C1CCC(C)N(CC(=O)NCCc2ccc(S(N)(=O)=O)cc2)C1. The van der Waals surface area contributed by atoms with E-state index in [9.17, 15) is 18.0 Å². The quantitative estimate of drug-likeness (QED) is 0.471.